The van der Waals surface area contributed by atoms with E-state index in [1.807, 2.05) is 14.0 Å². The van der Waals surface area contributed by atoms with Crippen LogP contribution < -0.4 is 15.4 Å². The minimum absolute atomic E-state index is 0.00450. The number of hydrogen-bond acceptors (Lipinski definition) is 3. The molecule has 1 aromatic carbocycles. The lowest BCUT2D eigenvalue weighted by Gasteiger charge is -2.12. The normalized spacial score (nSPS) is 12.0. The Kier molecular flexibility index (Phi) is 6.99. The number of benzene rings is 1. The summed E-state index contributed by atoms with van der Waals surface area (Å²) >= 11 is 11.8. The topological polar surface area (TPSA) is 50.4 Å². The summed E-state index contributed by atoms with van der Waals surface area (Å²) in [5.41, 5.74) is 0. The lowest BCUT2D eigenvalue weighted by atomic mass is 10.1. The molecule has 0 aliphatic heterocycles. The van der Waals surface area contributed by atoms with Crippen molar-refractivity contribution in [2.75, 3.05) is 26.7 Å². The van der Waals surface area contributed by atoms with Crippen LogP contribution in [0.5, 0.6) is 5.75 Å². The Bertz CT molecular complexity index is 427. The van der Waals surface area contributed by atoms with Crippen LogP contribution in [-0.2, 0) is 4.79 Å². The molecule has 0 bridgehead atoms. The third kappa shape index (κ3) is 5.27. The van der Waals surface area contributed by atoms with Gasteiger partial charge in [0.2, 0.25) is 5.91 Å². The fraction of sp³-hybridized carbons (Fsp3) is 0.462. The average molecular weight is 305 g/mol. The van der Waals surface area contributed by atoms with Crippen LogP contribution in [0.3, 0.4) is 0 Å². The maximum absolute atomic E-state index is 11.6. The number of carbonyl (C=O) groups is 1. The van der Waals surface area contributed by atoms with Gasteiger partial charge in [0, 0.05) is 12.5 Å². The monoisotopic (exact) mass is 304 g/mol. The van der Waals surface area contributed by atoms with Gasteiger partial charge in [0.05, 0.1) is 11.6 Å². The quantitative estimate of drug-likeness (QED) is 0.760. The van der Waals surface area contributed by atoms with E-state index in [0.29, 0.717) is 35.5 Å². The van der Waals surface area contributed by atoms with Crippen LogP contribution in [-0.4, -0.2) is 32.7 Å². The molecule has 0 aromatic heterocycles. The van der Waals surface area contributed by atoms with Crippen LogP contribution >= 0.6 is 23.2 Å². The Balaban J connectivity index is 2.31. The first-order valence-corrected chi connectivity index (χ1v) is 6.81. The summed E-state index contributed by atoms with van der Waals surface area (Å²) in [6.07, 6.45) is 0. The van der Waals surface area contributed by atoms with Crippen LogP contribution in [0.1, 0.15) is 6.92 Å². The van der Waals surface area contributed by atoms with Crippen LogP contribution in [0.25, 0.3) is 0 Å². The van der Waals surface area contributed by atoms with Crippen molar-refractivity contribution >= 4 is 29.1 Å². The summed E-state index contributed by atoms with van der Waals surface area (Å²) in [6.45, 7) is 3.28. The maximum Gasteiger partial charge on any atom is 0.224 e. The molecule has 0 saturated carbocycles. The van der Waals surface area contributed by atoms with Crippen LogP contribution in [0, 0.1) is 5.92 Å². The van der Waals surface area contributed by atoms with E-state index in [0.717, 1.165) is 0 Å². The molecule has 0 heterocycles. The van der Waals surface area contributed by atoms with Gasteiger partial charge in [0.25, 0.3) is 0 Å². The highest BCUT2D eigenvalue weighted by Gasteiger charge is 2.11. The van der Waals surface area contributed by atoms with Crippen molar-refractivity contribution in [2.45, 2.75) is 6.92 Å². The van der Waals surface area contributed by atoms with E-state index in [2.05, 4.69) is 10.6 Å². The summed E-state index contributed by atoms with van der Waals surface area (Å²) in [7, 11) is 1.81. The van der Waals surface area contributed by atoms with Gasteiger partial charge in [0.15, 0.2) is 0 Å². The van der Waals surface area contributed by atoms with Gasteiger partial charge in [-0.05, 0) is 19.2 Å². The van der Waals surface area contributed by atoms with Gasteiger partial charge in [-0.15, -0.1) is 0 Å². The first-order valence-electron chi connectivity index (χ1n) is 6.05. The molecule has 0 radical (unpaired) electrons. The predicted molar refractivity (Wildman–Crippen MR) is 78.1 cm³/mol. The number of hydrogen-bond donors (Lipinski definition) is 2. The zero-order chi connectivity index (χ0) is 14.3. The van der Waals surface area contributed by atoms with Gasteiger partial charge in [-0.2, -0.15) is 0 Å². The van der Waals surface area contributed by atoms with Crippen LogP contribution in [0.2, 0.25) is 10.0 Å². The lowest BCUT2D eigenvalue weighted by Crippen LogP contribution is -2.36. The molecule has 6 heteroatoms. The Morgan fingerprint density at radius 1 is 1.42 bits per heavy atom. The van der Waals surface area contributed by atoms with Crippen LogP contribution in [0.4, 0.5) is 0 Å². The SMILES string of the molecule is CNC[C@H](C)C(=O)NCCOc1cccc(Cl)c1Cl. The minimum atomic E-state index is -0.0697. The number of halogens is 2. The summed E-state index contributed by atoms with van der Waals surface area (Å²) in [5, 5.41) is 6.58. The number of rotatable bonds is 7. The van der Waals surface area contributed by atoms with Crippen molar-refractivity contribution in [1.82, 2.24) is 10.6 Å². The first kappa shape index (κ1) is 16.1. The average Bonchev–Trinajstić information content (AvgIpc) is 2.39. The molecule has 1 rings (SSSR count). The van der Waals surface area contributed by atoms with Gasteiger partial charge in [0.1, 0.15) is 17.4 Å². The Hall–Kier alpha value is -0.970. The van der Waals surface area contributed by atoms with E-state index in [1.165, 1.54) is 0 Å². The van der Waals surface area contributed by atoms with Crippen molar-refractivity contribution in [3.05, 3.63) is 28.2 Å². The lowest BCUT2D eigenvalue weighted by molar-refractivity contribution is -0.124. The number of ether oxygens (including phenoxy) is 1. The van der Waals surface area contributed by atoms with Gasteiger partial charge in [-0.1, -0.05) is 36.2 Å². The van der Waals surface area contributed by atoms with Crippen molar-refractivity contribution in [3.8, 4) is 5.75 Å². The molecule has 0 spiro atoms. The largest absolute Gasteiger partial charge is 0.490 e. The standard InChI is InChI=1S/C13H18Cl2N2O2/c1-9(8-16-2)13(18)17-6-7-19-11-5-3-4-10(14)12(11)15/h3-5,9,16H,6-8H2,1-2H3,(H,17,18)/t9-/m0/s1. The summed E-state index contributed by atoms with van der Waals surface area (Å²) in [5.74, 6) is 0.446. The number of amides is 1. The van der Waals surface area contributed by atoms with E-state index in [1.54, 1.807) is 18.2 Å². The number of nitrogens with one attached hydrogen (secondary N) is 2. The molecule has 106 valence electrons. The summed E-state index contributed by atoms with van der Waals surface area (Å²) < 4.78 is 5.46. The predicted octanol–water partition coefficient (Wildman–Crippen LogP) is 2.34. The highest BCUT2D eigenvalue weighted by molar-refractivity contribution is 6.42. The van der Waals surface area contributed by atoms with Gasteiger partial charge >= 0.3 is 0 Å². The molecule has 0 unspecified atom stereocenters. The fourth-order valence-electron chi connectivity index (χ4n) is 1.50. The molecule has 19 heavy (non-hydrogen) atoms. The Morgan fingerprint density at radius 2 is 2.16 bits per heavy atom. The van der Waals surface area contributed by atoms with Gasteiger partial charge in [-0.25, -0.2) is 0 Å². The molecule has 0 saturated heterocycles. The zero-order valence-electron chi connectivity index (χ0n) is 11.0. The molecule has 1 atom stereocenters. The second-order valence-corrected chi connectivity index (χ2v) is 4.94. The van der Waals surface area contributed by atoms with Gasteiger partial charge < -0.3 is 15.4 Å². The fourth-order valence-corrected chi connectivity index (χ4v) is 1.85. The van der Waals surface area contributed by atoms with E-state index < -0.39 is 0 Å². The third-order valence-electron chi connectivity index (χ3n) is 2.53. The van der Waals surface area contributed by atoms with Crippen LogP contribution in [0.15, 0.2) is 18.2 Å². The van der Waals surface area contributed by atoms with E-state index >= 15 is 0 Å². The Morgan fingerprint density at radius 3 is 2.84 bits per heavy atom. The highest BCUT2D eigenvalue weighted by Crippen LogP contribution is 2.31. The smallest absolute Gasteiger partial charge is 0.224 e. The molecule has 4 nitrogen and oxygen atoms in total. The molecular formula is C13H18Cl2N2O2. The Labute approximate surface area is 123 Å². The number of carbonyl (C=O) groups excluding carboxylic acids is 1. The second-order valence-electron chi connectivity index (χ2n) is 4.15. The van der Waals surface area contributed by atoms with Crippen molar-refractivity contribution < 1.29 is 9.53 Å². The molecule has 1 amide bonds. The molecule has 0 fully saturated rings. The molecule has 0 aliphatic rings. The van der Waals surface area contributed by atoms with E-state index in [4.69, 9.17) is 27.9 Å². The van der Waals surface area contributed by atoms with Crippen molar-refractivity contribution in [1.29, 1.82) is 0 Å². The highest BCUT2D eigenvalue weighted by atomic mass is 35.5. The maximum atomic E-state index is 11.6. The second kappa shape index (κ2) is 8.25. The molecular weight excluding hydrogens is 287 g/mol. The summed E-state index contributed by atoms with van der Waals surface area (Å²) in [6, 6.07) is 5.19. The molecule has 1 aromatic rings. The minimum Gasteiger partial charge on any atom is -0.490 e. The van der Waals surface area contributed by atoms with Gasteiger partial charge in [-0.3, -0.25) is 4.79 Å². The molecule has 0 aliphatic carbocycles. The van der Waals surface area contributed by atoms with Crippen molar-refractivity contribution in [2.24, 2.45) is 5.92 Å². The third-order valence-corrected chi connectivity index (χ3v) is 3.33. The summed E-state index contributed by atoms with van der Waals surface area (Å²) in [4.78, 5) is 11.6. The molecule has 2 N–H and O–H groups in total. The van der Waals surface area contributed by atoms with Crippen molar-refractivity contribution in [3.63, 3.8) is 0 Å². The first-order chi connectivity index (χ1) is 9.06. The van der Waals surface area contributed by atoms with E-state index in [-0.39, 0.29) is 11.8 Å². The van der Waals surface area contributed by atoms with E-state index in [9.17, 15) is 4.79 Å². The zero-order valence-corrected chi connectivity index (χ0v) is 12.5.